The number of aliphatic carboxylic acids is 1. The molecule has 0 aromatic heterocycles. The molecule has 2 aromatic carbocycles. The Hall–Kier alpha value is -4.40. The van der Waals surface area contributed by atoms with E-state index in [-0.39, 0.29) is 33.6 Å². The van der Waals surface area contributed by atoms with E-state index in [1.807, 2.05) is 0 Å². The monoisotopic (exact) mass is 480 g/mol. The lowest BCUT2D eigenvalue weighted by Crippen LogP contribution is -2.28. The highest BCUT2D eigenvalue weighted by molar-refractivity contribution is 6.31. The van der Waals surface area contributed by atoms with Gasteiger partial charge in [-0.05, 0) is 45.9 Å². The fourth-order valence-electron chi connectivity index (χ4n) is 3.72. The number of carbonyl (C=O) groups is 4. The van der Waals surface area contributed by atoms with Crippen molar-refractivity contribution in [2.24, 2.45) is 5.92 Å². The minimum Gasteiger partial charge on any atom is -0.507 e. The Morgan fingerprint density at radius 3 is 2.11 bits per heavy atom. The van der Waals surface area contributed by atoms with Gasteiger partial charge in [0.25, 0.3) is 0 Å². The minimum atomic E-state index is -1.16. The molecule has 182 valence electrons. The van der Waals surface area contributed by atoms with Crippen LogP contribution in [0.2, 0.25) is 0 Å². The van der Waals surface area contributed by atoms with Crippen molar-refractivity contribution < 1.29 is 44.3 Å². The predicted molar refractivity (Wildman–Crippen MR) is 125 cm³/mol. The van der Waals surface area contributed by atoms with Crippen LogP contribution in [-0.4, -0.2) is 49.8 Å². The summed E-state index contributed by atoms with van der Waals surface area (Å²) in [6, 6.07) is 2.13. The van der Waals surface area contributed by atoms with E-state index < -0.39 is 58.2 Å². The molecule has 0 fully saturated rings. The van der Waals surface area contributed by atoms with E-state index in [2.05, 4.69) is 0 Å². The molecule has 3 rings (SSSR count). The van der Waals surface area contributed by atoms with Gasteiger partial charge in [-0.3, -0.25) is 19.2 Å². The number of ketones is 3. The van der Waals surface area contributed by atoms with Gasteiger partial charge in [-0.1, -0.05) is 18.2 Å². The number of rotatable bonds is 7. The van der Waals surface area contributed by atoms with Crippen LogP contribution in [0.1, 0.15) is 68.5 Å². The second-order valence-corrected chi connectivity index (χ2v) is 8.17. The molecule has 35 heavy (non-hydrogen) atoms. The van der Waals surface area contributed by atoms with Gasteiger partial charge < -0.3 is 25.2 Å². The summed E-state index contributed by atoms with van der Waals surface area (Å²) < 4.78 is 5.48. The fourth-order valence-corrected chi connectivity index (χ4v) is 3.72. The molecule has 0 amide bonds. The van der Waals surface area contributed by atoms with Crippen LogP contribution in [0.15, 0.2) is 36.4 Å². The van der Waals surface area contributed by atoms with Gasteiger partial charge in [-0.2, -0.15) is 0 Å². The van der Waals surface area contributed by atoms with Crippen molar-refractivity contribution in [3.05, 3.63) is 69.8 Å². The number of phenolic OH excluding ortho intramolecular Hbond substituents is 3. The Bertz CT molecular complexity index is 1330. The topological polar surface area (TPSA) is 158 Å². The molecule has 9 nitrogen and oxygen atoms in total. The summed E-state index contributed by atoms with van der Waals surface area (Å²) in [5.41, 5.74) is -1.35. The van der Waals surface area contributed by atoms with E-state index in [4.69, 9.17) is 9.84 Å². The molecular formula is C26H24O9. The lowest BCUT2D eigenvalue weighted by atomic mass is 9.79. The lowest BCUT2D eigenvalue weighted by molar-refractivity contribution is -0.143. The van der Waals surface area contributed by atoms with Crippen molar-refractivity contribution in [1.29, 1.82) is 0 Å². The quantitative estimate of drug-likeness (QED) is 0.171. The lowest BCUT2D eigenvalue weighted by Gasteiger charge is -2.24. The van der Waals surface area contributed by atoms with Gasteiger partial charge >= 0.3 is 5.97 Å². The first-order chi connectivity index (χ1) is 16.4. The first-order valence-corrected chi connectivity index (χ1v) is 10.7. The highest BCUT2D eigenvalue weighted by Crippen LogP contribution is 2.46. The van der Waals surface area contributed by atoms with Crippen molar-refractivity contribution in [2.75, 3.05) is 0 Å². The fraction of sp³-hybridized carbons (Fsp3) is 0.231. The van der Waals surface area contributed by atoms with Crippen LogP contribution in [0.5, 0.6) is 23.0 Å². The number of carbonyl (C=O) groups excluding carboxylic acids is 3. The van der Waals surface area contributed by atoms with Gasteiger partial charge in [0.1, 0.15) is 11.9 Å². The van der Waals surface area contributed by atoms with Crippen LogP contribution in [0, 0.1) is 12.8 Å². The maximum atomic E-state index is 13.3. The van der Waals surface area contributed by atoms with E-state index in [0.29, 0.717) is 0 Å². The summed E-state index contributed by atoms with van der Waals surface area (Å²) in [6.07, 6.45) is 4.99. The summed E-state index contributed by atoms with van der Waals surface area (Å²) in [4.78, 5) is 50.4. The van der Waals surface area contributed by atoms with Crippen LogP contribution < -0.4 is 4.74 Å². The number of aromatic hydroxyl groups is 3. The number of hydrogen-bond donors (Lipinski definition) is 4. The maximum absolute atomic E-state index is 13.3. The predicted octanol–water partition coefficient (Wildman–Crippen LogP) is 3.69. The van der Waals surface area contributed by atoms with E-state index in [1.54, 1.807) is 19.1 Å². The third-order valence-electron chi connectivity index (χ3n) is 5.95. The van der Waals surface area contributed by atoms with Crippen molar-refractivity contribution >= 4 is 23.3 Å². The molecule has 1 aliphatic carbocycles. The number of allylic oxidation sites excluding steroid dienone is 4. The molecule has 0 radical (unpaired) electrons. The molecule has 0 aliphatic heterocycles. The summed E-state index contributed by atoms with van der Waals surface area (Å²) >= 11 is 0. The van der Waals surface area contributed by atoms with Gasteiger partial charge in [0.15, 0.2) is 28.8 Å². The zero-order valence-corrected chi connectivity index (χ0v) is 19.4. The molecule has 0 saturated heterocycles. The highest BCUT2D eigenvalue weighted by Gasteiger charge is 2.38. The van der Waals surface area contributed by atoms with Crippen LogP contribution in [0.3, 0.4) is 0 Å². The number of carboxylic acid groups (broad SMARTS) is 1. The molecule has 4 N–H and O–H groups in total. The average Bonchev–Trinajstić information content (AvgIpc) is 2.81. The highest BCUT2D eigenvalue weighted by atomic mass is 16.5. The van der Waals surface area contributed by atoms with E-state index in [0.717, 1.165) is 12.1 Å². The second kappa shape index (κ2) is 9.46. The molecule has 2 aromatic rings. The SMILES string of the molecule is C/C=C/C=C/C(=O)c1cc2c(c(C)c1O)C(=O)c1cc(O[C@@H](C)[C@@H](C)C(=O)O)c(O)c(O)c1C2=O. The zero-order valence-electron chi connectivity index (χ0n) is 19.4. The molecule has 1 aliphatic rings. The number of phenols is 3. The molecule has 0 bridgehead atoms. The Morgan fingerprint density at radius 1 is 0.914 bits per heavy atom. The summed E-state index contributed by atoms with van der Waals surface area (Å²) in [6.45, 7) is 5.95. The third kappa shape index (κ3) is 4.28. The number of hydrogen-bond acceptors (Lipinski definition) is 8. The number of carboxylic acids is 1. The van der Waals surface area contributed by atoms with Crippen LogP contribution in [-0.2, 0) is 4.79 Å². The van der Waals surface area contributed by atoms with E-state index >= 15 is 0 Å². The molecule has 0 spiro atoms. The largest absolute Gasteiger partial charge is 0.507 e. The van der Waals surface area contributed by atoms with Crippen LogP contribution in [0.25, 0.3) is 0 Å². The van der Waals surface area contributed by atoms with Gasteiger partial charge in [0, 0.05) is 22.3 Å². The second-order valence-electron chi connectivity index (χ2n) is 8.17. The van der Waals surface area contributed by atoms with Gasteiger partial charge in [0.2, 0.25) is 5.75 Å². The Balaban J connectivity index is 2.16. The molecule has 9 heteroatoms. The summed E-state index contributed by atoms with van der Waals surface area (Å²) in [7, 11) is 0. The number of benzene rings is 2. The Labute approximate surface area is 200 Å². The molecule has 0 saturated carbocycles. The first kappa shape index (κ1) is 25.2. The summed E-state index contributed by atoms with van der Waals surface area (Å²) in [5.74, 6) is -6.92. The maximum Gasteiger partial charge on any atom is 0.309 e. The molecule has 0 heterocycles. The smallest absolute Gasteiger partial charge is 0.309 e. The van der Waals surface area contributed by atoms with Crippen LogP contribution in [0.4, 0.5) is 0 Å². The first-order valence-electron chi connectivity index (χ1n) is 10.7. The Morgan fingerprint density at radius 2 is 1.51 bits per heavy atom. The third-order valence-corrected chi connectivity index (χ3v) is 5.95. The van der Waals surface area contributed by atoms with E-state index in [1.165, 1.54) is 32.9 Å². The minimum absolute atomic E-state index is 0.00261. The van der Waals surface area contributed by atoms with Gasteiger partial charge in [-0.25, -0.2) is 0 Å². The molecular weight excluding hydrogens is 456 g/mol. The molecule has 0 unspecified atom stereocenters. The van der Waals surface area contributed by atoms with Gasteiger partial charge in [0.05, 0.1) is 17.0 Å². The molecule has 2 atom stereocenters. The van der Waals surface area contributed by atoms with Crippen molar-refractivity contribution in [2.45, 2.75) is 33.8 Å². The van der Waals surface area contributed by atoms with Crippen molar-refractivity contribution in [3.8, 4) is 23.0 Å². The standard InChI is InChI=1S/C26H24O9/c1-5-6-7-8-17(27)14-9-15-19(12(3)21(14)28)22(29)16-10-18(35-13(4)11(2)26(33)34)24(31)25(32)20(16)23(15)30/h5-11,13,28,31-32H,1-4H3,(H,33,34)/b6-5+,8-7+/t11-,13+/m1/s1. The summed E-state index contributed by atoms with van der Waals surface area (Å²) in [5, 5.41) is 40.8. The average molecular weight is 480 g/mol. The van der Waals surface area contributed by atoms with Crippen molar-refractivity contribution in [1.82, 2.24) is 0 Å². The van der Waals surface area contributed by atoms with Crippen molar-refractivity contribution in [3.63, 3.8) is 0 Å². The van der Waals surface area contributed by atoms with Crippen LogP contribution >= 0.6 is 0 Å². The number of fused-ring (bicyclic) bond motifs is 2. The Kier molecular flexibility index (Phi) is 6.82. The normalized spacial score (nSPS) is 14.6. The van der Waals surface area contributed by atoms with Gasteiger partial charge in [-0.15, -0.1) is 0 Å². The number of ether oxygens (including phenoxy) is 1. The zero-order chi connectivity index (χ0) is 26.2. The van der Waals surface area contributed by atoms with E-state index in [9.17, 15) is 34.5 Å².